The first-order valence-electron chi connectivity index (χ1n) is 8.24. The number of fused-ring (bicyclic) bond motifs is 2. The summed E-state index contributed by atoms with van der Waals surface area (Å²) < 4.78 is 38.7. The summed E-state index contributed by atoms with van der Waals surface area (Å²) >= 11 is 5.85. The fourth-order valence-corrected chi connectivity index (χ4v) is 3.02. The Kier molecular flexibility index (Phi) is 4.47. The molecule has 0 radical (unpaired) electrons. The highest BCUT2D eigenvalue weighted by Gasteiger charge is 2.29. The molecule has 1 saturated carbocycles. The van der Waals surface area contributed by atoms with Crippen LogP contribution < -0.4 is 0 Å². The average molecular weight is 395 g/mol. The number of nitrogens with zero attached hydrogens (tertiary/aromatic N) is 6. The lowest BCUT2D eigenvalue weighted by molar-refractivity contribution is -0.141. The summed E-state index contributed by atoms with van der Waals surface area (Å²) in [5, 5.41) is 12.9. The van der Waals surface area contributed by atoms with Crippen LogP contribution in [-0.4, -0.2) is 35.8 Å². The van der Waals surface area contributed by atoms with Gasteiger partial charge in [-0.25, -0.2) is 4.98 Å². The van der Waals surface area contributed by atoms with E-state index in [2.05, 4.69) is 20.3 Å². The van der Waals surface area contributed by atoms with Crippen LogP contribution in [0.15, 0.2) is 42.9 Å². The van der Waals surface area contributed by atoms with Gasteiger partial charge < -0.3 is 0 Å². The minimum atomic E-state index is -4.23. The van der Waals surface area contributed by atoms with E-state index in [4.69, 9.17) is 11.6 Å². The van der Waals surface area contributed by atoms with E-state index in [-0.39, 0.29) is 0 Å². The van der Waals surface area contributed by atoms with Crippen LogP contribution in [-0.2, 0) is 6.54 Å². The monoisotopic (exact) mass is 394 g/mol. The van der Waals surface area contributed by atoms with Crippen LogP contribution in [0.25, 0.3) is 16.6 Å². The van der Waals surface area contributed by atoms with Gasteiger partial charge in [0.2, 0.25) is 0 Å². The second-order valence-corrected chi connectivity index (χ2v) is 6.63. The van der Waals surface area contributed by atoms with Crippen molar-refractivity contribution in [1.82, 2.24) is 29.6 Å². The van der Waals surface area contributed by atoms with Gasteiger partial charge >= 0.3 is 6.18 Å². The van der Waals surface area contributed by atoms with Gasteiger partial charge in [0, 0.05) is 10.9 Å². The van der Waals surface area contributed by atoms with Gasteiger partial charge in [-0.2, -0.15) is 18.3 Å². The van der Waals surface area contributed by atoms with Crippen LogP contribution in [0.4, 0.5) is 13.2 Å². The third-order valence-corrected chi connectivity index (χ3v) is 4.34. The van der Waals surface area contributed by atoms with Crippen LogP contribution in [0.1, 0.15) is 24.3 Å². The minimum Gasteiger partial charge on any atom is -0.256 e. The zero-order chi connectivity index (χ0) is 19.0. The standard InChI is InChI=1S/C9H7F3N2.C8H7ClN4/c10-9(11,12)6-14-8-4-2-1-3-7(8)5-13-14;9-7-3-6(5-1-2-5)8-10-4-11-13(8)12-7/h1-5H,6H2;3-5H,1-2H2. The molecule has 0 N–H and O–H groups in total. The molecule has 1 aliphatic rings. The molecule has 1 fully saturated rings. The number of hydrogen-bond acceptors (Lipinski definition) is 4. The van der Waals surface area contributed by atoms with E-state index in [0.717, 1.165) is 15.7 Å². The number of alkyl halides is 3. The smallest absolute Gasteiger partial charge is 0.256 e. The molecule has 3 heterocycles. The van der Waals surface area contributed by atoms with Gasteiger partial charge in [0.1, 0.15) is 12.9 Å². The van der Waals surface area contributed by atoms with Crippen LogP contribution in [0, 0.1) is 0 Å². The second-order valence-electron chi connectivity index (χ2n) is 6.25. The molecule has 0 saturated heterocycles. The Labute approximate surface area is 156 Å². The lowest BCUT2D eigenvalue weighted by Crippen LogP contribution is -2.18. The van der Waals surface area contributed by atoms with Crippen LogP contribution in [0.2, 0.25) is 5.15 Å². The first-order chi connectivity index (χ1) is 12.9. The molecule has 0 aliphatic heterocycles. The SMILES string of the molecule is Clc1cc(C2CC2)c2ncnn2n1.FC(F)(F)Cn1ncc2ccccc21. The van der Waals surface area contributed by atoms with Crippen molar-refractivity contribution in [1.29, 1.82) is 0 Å². The molecule has 1 aliphatic carbocycles. The summed E-state index contributed by atoms with van der Waals surface area (Å²) in [5.74, 6) is 0.618. The molecule has 0 bridgehead atoms. The molecule has 4 aromatic rings. The van der Waals surface area contributed by atoms with Gasteiger partial charge in [-0.3, -0.25) is 4.68 Å². The molecular formula is C17H14ClF3N6. The van der Waals surface area contributed by atoms with Gasteiger partial charge in [0.05, 0.1) is 11.7 Å². The Hall–Kier alpha value is -2.68. The molecule has 0 atom stereocenters. The van der Waals surface area contributed by atoms with Crippen LogP contribution >= 0.6 is 11.6 Å². The minimum absolute atomic E-state index is 0.486. The summed E-state index contributed by atoms with van der Waals surface area (Å²) in [6, 6.07) is 8.70. The maximum atomic E-state index is 12.1. The number of rotatable bonds is 2. The van der Waals surface area contributed by atoms with Crippen molar-refractivity contribution in [3.63, 3.8) is 0 Å². The lowest BCUT2D eigenvalue weighted by atomic mass is 10.2. The van der Waals surface area contributed by atoms with Crippen molar-refractivity contribution in [3.05, 3.63) is 53.6 Å². The van der Waals surface area contributed by atoms with E-state index < -0.39 is 12.7 Å². The zero-order valence-corrected chi connectivity index (χ0v) is 14.7. The Bertz CT molecular complexity index is 1080. The van der Waals surface area contributed by atoms with Crippen LogP contribution in [0.5, 0.6) is 0 Å². The van der Waals surface area contributed by atoms with E-state index in [0.29, 0.717) is 16.6 Å². The molecule has 0 amide bonds. The number of halogens is 4. The van der Waals surface area contributed by atoms with E-state index >= 15 is 0 Å². The van der Waals surface area contributed by atoms with Crippen molar-refractivity contribution >= 4 is 28.2 Å². The lowest BCUT2D eigenvalue weighted by Gasteiger charge is -2.06. The van der Waals surface area contributed by atoms with Crippen molar-refractivity contribution in [2.24, 2.45) is 0 Å². The number of benzene rings is 1. The normalized spacial score (nSPS) is 14.4. The predicted octanol–water partition coefficient (Wildman–Crippen LogP) is 4.25. The molecule has 1 aromatic carbocycles. The Morgan fingerprint density at radius 2 is 1.93 bits per heavy atom. The molecule has 0 spiro atoms. The van der Waals surface area contributed by atoms with Crippen molar-refractivity contribution in [2.45, 2.75) is 31.5 Å². The Morgan fingerprint density at radius 3 is 2.67 bits per heavy atom. The summed E-state index contributed by atoms with van der Waals surface area (Å²) in [5.41, 5.74) is 2.52. The number of aromatic nitrogens is 6. The third kappa shape index (κ3) is 4.02. The van der Waals surface area contributed by atoms with E-state index in [9.17, 15) is 13.2 Å². The van der Waals surface area contributed by atoms with E-state index in [1.165, 1.54) is 35.6 Å². The maximum Gasteiger partial charge on any atom is 0.408 e. The topological polar surface area (TPSA) is 60.9 Å². The highest BCUT2D eigenvalue weighted by atomic mass is 35.5. The highest BCUT2D eigenvalue weighted by molar-refractivity contribution is 6.29. The first-order valence-corrected chi connectivity index (χ1v) is 8.62. The summed E-state index contributed by atoms with van der Waals surface area (Å²) in [6.07, 6.45) is 1.16. The van der Waals surface area contributed by atoms with Crippen LogP contribution in [0.3, 0.4) is 0 Å². The number of para-hydroxylation sites is 1. The highest BCUT2D eigenvalue weighted by Crippen LogP contribution is 2.41. The molecule has 3 aromatic heterocycles. The fraction of sp³-hybridized carbons (Fsp3) is 0.294. The first kappa shape index (κ1) is 17.7. The molecule has 5 rings (SSSR count). The molecule has 10 heteroatoms. The third-order valence-electron chi connectivity index (χ3n) is 4.15. The van der Waals surface area contributed by atoms with Crippen molar-refractivity contribution in [2.75, 3.05) is 0 Å². The zero-order valence-electron chi connectivity index (χ0n) is 13.9. The average Bonchev–Trinajstić information content (AvgIpc) is 3.23. The van der Waals surface area contributed by atoms with Gasteiger partial charge in [-0.1, -0.05) is 29.8 Å². The molecule has 6 nitrogen and oxygen atoms in total. The van der Waals surface area contributed by atoms with Gasteiger partial charge in [-0.05, 0) is 30.9 Å². The molecular weight excluding hydrogens is 381 g/mol. The molecule has 0 unspecified atom stereocenters. The van der Waals surface area contributed by atoms with Gasteiger partial charge in [-0.15, -0.1) is 14.8 Å². The van der Waals surface area contributed by atoms with Gasteiger partial charge in [0.15, 0.2) is 10.8 Å². The fourth-order valence-electron chi connectivity index (χ4n) is 2.83. The summed E-state index contributed by atoms with van der Waals surface area (Å²) in [6.45, 7) is -1.04. The largest absolute Gasteiger partial charge is 0.408 e. The Balaban J connectivity index is 0.000000134. The maximum absolute atomic E-state index is 12.1. The quantitative estimate of drug-likeness (QED) is 0.510. The second kappa shape index (κ2) is 6.80. The molecule has 140 valence electrons. The van der Waals surface area contributed by atoms with E-state index in [1.54, 1.807) is 24.3 Å². The number of hydrogen-bond donors (Lipinski definition) is 0. The van der Waals surface area contributed by atoms with Crippen molar-refractivity contribution < 1.29 is 13.2 Å². The summed E-state index contributed by atoms with van der Waals surface area (Å²) in [4.78, 5) is 4.15. The van der Waals surface area contributed by atoms with E-state index in [1.807, 2.05) is 6.07 Å². The predicted molar refractivity (Wildman–Crippen MR) is 93.6 cm³/mol. The van der Waals surface area contributed by atoms with Crippen molar-refractivity contribution in [3.8, 4) is 0 Å². The Morgan fingerprint density at radius 1 is 1.15 bits per heavy atom. The summed E-state index contributed by atoms with van der Waals surface area (Å²) in [7, 11) is 0. The molecule has 27 heavy (non-hydrogen) atoms. The van der Waals surface area contributed by atoms with Gasteiger partial charge in [0.25, 0.3) is 0 Å².